The first-order valence-corrected chi connectivity index (χ1v) is 10.7. The Morgan fingerprint density at radius 2 is 1.94 bits per heavy atom. The lowest BCUT2D eigenvalue weighted by molar-refractivity contribution is -0.137. The number of aromatic nitrogens is 1. The first-order valence-electron chi connectivity index (χ1n) is 9.93. The molecule has 9 heteroatoms. The first kappa shape index (κ1) is 24.7. The first-order chi connectivity index (χ1) is 14.4. The van der Waals surface area contributed by atoms with Crippen molar-refractivity contribution in [3.8, 4) is 11.9 Å². The number of rotatable bonds is 5. The summed E-state index contributed by atoms with van der Waals surface area (Å²) in [6.07, 6.45) is -0.877. The lowest BCUT2D eigenvalue weighted by Gasteiger charge is -2.14. The summed E-state index contributed by atoms with van der Waals surface area (Å²) in [6.45, 7) is 13.0. The van der Waals surface area contributed by atoms with E-state index in [4.69, 9.17) is 4.74 Å². The third-order valence-corrected chi connectivity index (χ3v) is 5.67. The van der Waals surface area contributed by atoms with Crippen LogP contribution in [0.3, 0.4) is 0 Å². The second kappa shape index (κ2) is 9.69. The van der Waals surface area contributed by atoms with E-state index in [0.29, 0.717) is 17.3 Å². The Kier molecular flexibility index (Phi) is 7.71. The van der Waals surface area contributed by atoms with Crippen molar-refractivity contribution in [1.29, 1.82) is 5.26 Å². The lowest BCUT2D eigenvalue weighted by atomic mass is 9.95. The topological polar surface area (TPSA) is 62.7 Å². The molecule has 0 fully saturated rings. The molecule has 0 N–H and O–H groups in total. The van der Waals surface area contributed by atoms with Gasteiger partial charge in [0, 0.05) is 17.6 Å². The number of amidine groups is 1. The Morgan fingerprint density at radius 3 is 2.45 bits per heavy atom. The van der Waals surface area contributed by atoms with E-state index in [1.54, 1.807) is 13.1 Å². The van der Waals surface area contributed by atoms with Crippen LogP contribution in [-0.4, -0.2) is 17.0 Å². The van der Waals surface area contributed by atoms with Gasteiger partial charge in [-0.15, -0.1) is 11.3 Å². The van der Waals surface area contributed by atoms with Crippen LogP contribution in [0.4, 0.5) is 13.2 Å². The van der Waals surface area contributed by atoms with Crippen molar-refractivity contribution in [2.45, 2.75) is 59.7 Å². The number of halogens is 3. The van der Waals surface area contributed by atoms with Gasteiger partial charge in [-0.1, -0.05) is 34.6 Å². The molecule has 0 aliphatic rings. The molecule has 2 rings (SSSR count). The Bertz CT molecular complexity index is 1050. The van der Waals surface area contributed by atoms with Crippen LogP contribution in [-0.2, 0) is 18.1 Å². The molecular formula is C22H27F3N4OS. The third kappa shape index (κ3) is 6.44. The number of hydrogen-bond acceptors (Lipinski definition) is 4. The van der Waals surface area contributed by atoms with E-state index in [2.05, 4.69) is 44.6 Å². The predicted octanol–water partition coefficient (Wildman–Crippen LogP) is 5.75. The summed E-state index contributed by atoms with van der Waals surface area (Å²) in [6, 6.07) is 3.11. The summed E-state index contributed by atoms with van der Waals surface area (Å²) < 4.78 is 47.4. The summed E-state index contributed by atoms with van der Waals surface area (Å²) in [5.74, 6) is 0.401. The number of benzene rings is 1. The molecule has 0 aliphatic carbocycles. The van der Waals surface area contributed by atoms with E-state index in [1.807, 2.05) is 10.8 Å². The molecule has 1 aromatic heterocycles. The van der Waals surface area contributed by atoms with Crippen LogP contribution in [0.5, 0.6) is 5.75 Å². The van der Waals surface area contributed by atoms with Crippen LogP contribution in [0.15, 0.2) is 34.4 Å². The van der Waals surface area contributed by atoms with E-state index in [9.17, 15) is 18.4 Å². The number of ether oxygens (including phenoxy) is 1. The van der Waals surface area contributed by atoms with Gasteiger partial charge < -0.3 is 9.30 Å². The van der Waals surface area contributed by atoms with Gasteiger partial charge in [0.2, 0.25) is 6.19 Å². The minimum Gasteiger partial charge on any atom is -0.493 e. The smallest absolute Gasteiger partial charge is 0.416 e. The average Bonchev–Trinajstić information content (AvgIpc) is 3.03. The van der Waals surface area contributed by atoms with Gasteiger partial charge in [0.15, 0.2) is 10.6 Å². The molecule has 168 valence electrons. The molecule has 1 aromatic carbocycles. The number of nitriles is 1. The van der Waals surface area contributed by atoms with E-state index < -0.39 is 11.7 Å². The van der Waals surface area contributed by atoms with E-state index in [0.717, 1.165) is 17.0 Å². The van der Waals surface area contributed by atoms with Crippen LogP contribution >= 0.6 is 11.3 Å². The van der Waals surface area contributed by atoms with Gasteiger partial charge in [0.05, 0.1) is 17.7 Å². The fourth-order valence-electron chi connectivity index (χ4n) is 2.78. The Labute approximate surface area is 184 Å². The Balaban J connectivity index is 2.76. The van der Waals surface area contributed by atoms with Crippen LogP contribution in [0.2, 0.25) is 0 Å². The van der Waals surface area contributed by atoms with Gasteiger partial charge in [0.1, 0.15) is 5.75 Å². The molecule has 0 radical (unpaired) electrons. The molecule has 0 unspecified atom stereocenters. The van der Waals surface area contributed by atoms with Crippen LogP contribution < -0.4 is 9.54 Å². The zero-order chi connectivity index (χ0) is 23.4. The highest BCUT2D eigenvalue weighted by Crippen LogP contribution is 2.33. The maximum Gasteiger partial charge on any atom is 0.416 e. The normalized spacial score (nSPS) is 13.6. The predicted molar refractivity (Wildman–Crippen MR) is 116 cm³/mol. The molecule has 0 saturated heterocycles. The minimum absolute atomic E-state index is 0.0278. The highest BCUT2D eigenvalue weighted by Gasteiger charge is 2.32. The van der Waals surface area contributed by atoms with Gasteiger partial charge >= 0.3 is 6.18 Å². The molecule has 2 aromatic rings. The van der Waals surface area contributed by atoms with Crippen molar-refractivity contribution < 1.29 is 17.9 Å². The molecule has 0 aliphatic heterocycles. The van der Waals surface area contributed by atoms with Crippen molar-refractivity contribution in [2.75, 3.05) is 6.61 Å². The summed E-state index contributed by atoms with van der Waals surface area (Å²) in [7, 11) is 0. The Morgan fingerprint density at radius 1 is 1.26 bits per heavy atom. The third-order valence-electron chi connectivity index (χ3n) is 4.23. The molecule has 0 amide bonds. The van der Waals surface area contributed by atoms with Gasteiger partial charge in [-0.25, -0.2) is 0 Å². The van der Waals surface area contributed by atoms with Crippen molar-refractivity contribution >= 4 is 17.2 Å². The maximum absolute atomic E-state index is 13.3. The van der Waals surface area contributed by atoms with Crippen molar-refractivity contribution in [1.82, 2.24) is 4.57 Å². The summed E-state index contributed by atoms with van der Waals surface area (Å²) >= 11 is 1.43. The molecule has 31 heavy (non-hydrogen) atoms. The largest absolute Gasteiger partial charge is 0.493 e. The number of aliphatic imine (C=N–C) groups is 1. The van der Waals surface area contributed by atoms with Crippen molar-refractivity contribution in [3.05, 3.63) is 45.2 Å². The highest BCUT2D eigenvalue weighted by molar-refractivity contribution is 7.09. The second-order valence-electron chi connectivity index (χ2n) is 8.46. The van der Waals surface area contributed by atoms with E-state index >= 15 is 0 Å². The lowest BCUT2D eigenvalue weighted by Crippen LogP contribution is -2.19. The van der Waals surface area contributed by atoms with Gasteiger partial charge in [-0.3, -0.25) is 0 Å². The van der Waals surface area contributed by atoms with E-state index in [1.165, 1.54) is 17.4 Å². The molecule has 0 spiro atoms. The molecule has 0 bridgehead atoms. The minimum atomic E-state index is -4.54. The molecule has 5 nitrogen and oxygen atoms in total. The van der Waals surface area contributed by atoms with Gasteiger partial charge in [0.25, 0.3) is 0 Å². The number of nitrogens with zero attached hydrogens (tertiary/aromatic N) is 4. The zero-order valence-electron chi connectivity index (χ0n) is 18.5. The Hall–Kier alpha value is -2.60. The molecule has 1 heterocycles. The maximum atomic E-state index is 13.3. The van der Waals surface area contributed by atoms with Crippen molar-refractivity contribution in [2.24, 2.45) is 15.9 Å². The van der Waals surface area contributed by atoms with Crippen LogP contribution in [0.25, 0.3) is 0 Å². The fourth-order valence-corrected chi connectivity index (χ4v) is 3.84. The fraction of sp³-hybridized carbons (Fsp3) is 0.500. The molecular weight excluding hydrogens is 425 g/mol. The van der Waals surface area contributed by atoms with Gasteiger partial charge in [-0.05, 0) is 36.5 Å². The monoisotopic (exact) mass is 452 g/mol. The summed E-state index contributed by atoms with van der Waals surface area (Å²) in [5.41, 5.74) is -0.959. The SMILES string of the molecule is CCOc1ccc(C(F)(F)F)cc1C(/N=c1\sc(C(C)(C)C)cn1CC(C)C)=N\C#N. The summed E-state index contributed by atoms with van der Waals surface area (Å²) in [4.78, 5) is 9.91. The molecule has 0 atom stereocenters. The second-order valence-corrected chi connectivity index (χ2v) is 9.47. The van der Waals surface area contributed by atoms with Crippen LogP contribution in [0.1, 0.15) is 57.5 Å². The number of thiazole rings is 1. The van der Waals surface area contributed by atoms with E-state index in [-0.39, 0.29) is 29.2 Å². The molecule has 0 saturated carbocycles. The number of alkyl halides is 3. The van der Waals surface area contributed by atoms with Gasteiger partial charge in [-0.2, -0.15) is 28.4 Å². The van der Waals surface area contributed by atoms with Crippen molar-refractivity contribution in [3.63, 3.8) is 0 Å². The average molecular weight is 453 g/mol. The quantitative estimate of drug-likeness (QED) is 0.329. The highest BCUT2D eigenvalue weighted by atomic mass is 32.1. The zero-order valence-corrected chi connectivity index (χ0v) is 19.4. The standard InChI is InChI=1S/C22H27F3N4OS/c1-7-30-17-9-8-15(22(23,24)25)10-16(17)19(27-13-26)28-20-29(11-14(2)3)12-18(31-20)21(4,5)6/h8-10,12,14H,7,11H2,1-6H3/b27-19+,28-20-. The van der Waals surface area contributed by atoms with Crippen LogP contribution in [0, 0.1) is 17.4 Å². The number of hydrogen-bond donors (Lipinski definition) is 0. The summed E-state index contributed by atoms with van der Waals surface area (Å²) in [5, 5.41) is 9.21.